The molecular weight excluding hydrogens is 442 g/mol. The van der Waals surface area contributed by atoms with Crippen molar-refractivity contribution in [3.05, 3.63) is 77.4 Å². The number of anilines is 2. The molecule has 0 spiro atoms. The van der Waals surface area contributed by atoms with E-state index in [2.05, 4.69) is 10.3 Å². The normalized spacial score (nSPS) is 18.3. The molecule has 1 aliphatic heterocycles. The zero-order valence-electron chi connectivity index (χ0n) is 17.6. The van der Waals surface area contributed by atoms with E-state index in [-0.39, 0.29) is 12.3 Å². The van der Waals surface area contributed by atoms with Gasteiger partial charge in [-0.1, -0.05) is 59.9 Å². The standard InChI is InChI=1S/C24H23N3O3S2/c1-16-6-4-10-21-22(16)25-24(31-21)26-23(28)18-11-13-19(14-12-18)32(29,30)27-15-5-8-17-7-2-3-9-20(17)27/h2-4,6-7,9-13,19H,5,8,14-15H2,1H3,(H,25,26,28). The predicted octanol–water partition coefficient (Wildman–Crippen LogP) is 4.58. The van der Waals surface area contributed by atoms with E-state index in [9.17, 15) is 13.2 Å². The molecular formula is C24H23N3O3S2. The fourth-order valence-electron chi connectivity index (χ4n) is 4.23. The third kappa shape index (κ3) is 3.73. The molecule has 0 fully saturated rings. The first-order chi connectivity index (χ1) is 15.4. The SMILES string of the molecule is Cc1cccc2sc(NC(=O)C3=CCC(S(=O)(=O)N4CCCc5ccccc54)C=C3)nc12. The molecule has 164 valence electrons. The van der Waals surface area contributed by atoms with Crippen LogP contribution in [0.2, 0.25) is 0 Å². The highest BCUT2D eigenvalue weighted by Gasteiger charge is 2.34. The molecule has 1 aliphatic carbocycles. The number of sulfonamides is 1. The van der Waals surface area contributed by atoms with Crippen LogP contribution in [-0.4, -0.2) is 31.1 Å². The maximum Gasteiger partial charge on any atom is 0.257 e. The molecule has 8 heteroatoms. The van der Waals surface area contributed by atoms with Crippen LogP contribution in [0.25, 0.3) is 10.2 Å². The summed E-state index contributed by atoms with van der Waals surface area (Å²) in [5.74, 6) is -0.280. The fraction of sp³-hybridized carbons (Fsp3) is 0.250. The summed E-state index contributed by atoms with van der Waals surface area (Å²) in [6, 6.07) is 13.6. The highest BCUT2D eigenvalue weighted by Crippen LogP contribution is 2.33. The molecule has 1 aromatic heterocycles. The molecule has 5 rings (SSSR count). The van der Waals surface area contributed by atoms with Gasteiger partial charge in [0.25, 0.3) is 5.91 Å². The molecule has 0 saturated heterocycles. The highest BCUT2D eigenvalue weighted by atomic mass is 32.2. The number of hydrogen-bond donors (Lipinski definition) is 1. The lowest BCUT2D eigenvalue weighted by Crippen LogP contribution is -2.41. The van der Waals surface area contributed by atoms with Crippen molar-refractivity contribution in [1.82, 2.24) is 4.98 Å². The molecule has 1 N–H and O–H groups in total. The molecule has 6 nitrogen and oxygen atoms in total. The van der Waals surface area contributed by atoms with Gasteiger partial charge in [0.2, 0.25) is 10.0 Å². The summed E-state index contributed by atoms with van der Waals surface area (Å²) in [6.45, 7) is 2.47. The Balaban J connectivity index is 1.31. The number of aromatic nitrogens is 1. The first-order valence-corrected chi connectivity index (χ1v) is 12.9. The van der Waals surface area contributed by atoms with Crippen molar-refractivity contribution < 1.29 is 13.2 Å². The van der Waals surface area contributed by atoms with Crippen molar-refractivity contribution >= 4 is 48.3 Å². The van der Waals surface area contributed by atoms with Gasteiger partial charge in [-0.25, -0.2) is 13.4 Å². The second-order valence-electron chi connectivity index (χ2n) is 8.04. The second-order valence-corrected chi connectivity index (χ2v) is 11.1. The van der Waals surface area contributed by atoms with Crippen molar-refractivity contribution in [3.63, 3.8) is 0 Å². The minimum Gasteiger partial charge on any atom is -0.298 e. The van der Waals surface area contributed by atoms with Crippen molar-refractivity contribution in [3.8, 4) is 0 Å². The van der Waals surface area contributed by atoms with Crippen LogP contribution in [0.5, 0.6) is 0 Å². The number of carbonyl (C=O) groups is 1. The van der Waals surface area contributed by atoms with E-state index in [0.717, 1.165) is 39.9 Å². The number of thiazole rings is 1. The highest BCUT2D eigenvalue weighted by molar-refractivity contribution is 7.93. The predicted molar refractivity (Wildman–Crippen MR) is 130 cm³/mol. The van der Waals surface area contributed by atoms with E-state index in [4.69, 9.17) is 0 Å². The summed E-state index contributed by atoms with van der Waals surface area (Å²) < 4.78 is 29.2. The quantitative estimate of drug-likeness (QED) is 0.612. The van der Waals surface area contributed by atoms with Crippen molar-refractivity contribution in [1.29, 1.82) is 0 Å². The van der Waals surface area contributed by atoms with Gasteiger partial charge in [0, 0.05) is 12.1 Å². The number of allylic oxidation sites excluding steroid dienone is 1. The minimum absolute atomic E-state index is 0.263. The van der Waals surface area contributed by atoms with Crippen LogP contribution in [0.1, 0.15) is 24.0 Å². The number of aryl methyl sites for hydroxylation is 2. The Labute approximate surface area is 191 Å². The number of fused-ring (bicyclic) bond motifs is 2. The first kappa shape index (κ1) is 20.9. The molecule has 32 heavy (non-hydrogen) atoms. The van der Waals surface area contributed by atoms with Crippen LogP contribution in [0, 0.1) is 6.92 Å². The Morgan fingerprint density at radius 2 is 2.03 bits per heavy atom. The molecule has 2 aromatic carbocycles. The van der Waals surface area contributed by atoms with Gasteiger partial charge in [0.15, 0.2) is 5.13 Å². The molecule has 1 amide bonds. The number of nitrogens with one attached hydrogen (secondary N) is 1. The Bertz CT molecular complexity index is 1370. The van der Waals surface area contributed by atoms with Gasteiger partial charge in [0.1, 0.15) is 5.25 Å². The second kappa shape index (κ2) is 8.18. The Morgan fingerprint density at radius 1 is 1.19 bits per heavy atom. The van der Waals surface area contributed by atoms with Crippen LogP contribution < -0.4 is 9.62 Å². The van der Waals surface area contributed by atoms with Gasteiger partial charge in [-0.3, -0.25) is 14.4 Å². The Hall–Kier alpha value is -2.97. The molecule has 1 atom stereocenters. The summed E-state index contributed by atoms with van der Waals surface area (Å²) in [6.07, 6.45) is 6.89. The largest absolute Gasteiger partial charge is 0.298 e. The zero-order chi connectivity index (χ0) is 22.3. The fourth-order valence-corrected chi connectivity index (χ4v) is 6.94. The van der Waals surface area contributed by atoms with Crippen molar-refractivity contribution in [2.75, 3.05) is 16.2 Å². The molecule has 2 heterocycles. The number of nitrogens with zero attached hydrogens (tertiary/aromatic N) is 2. The zero-order valence-corrected chi connectivity index (χ0v) is 19.2. The number of para-hydroxylation sites is 2. The number of benzene rings is 2. The Morgan fingerprint density at radius 3 is 2.81 bits per heavy atom. The lowest BCUT2D eigenvalue weighted by atomic mass is 10.0. The monoisotopic (exact) mass is 465 g/mol. The molecule has 0 bridgehead atoms. The number of carbonyl (C=O) groups excluding carboxylic acids is 1. The topological polar surface area (TPSA) is 79.4 Å². The molecule has 0 radical (unpaired) electrons. The van der Waals surface area contributed by atoms with Crippen LogP contribution in [-0.2, 0) is 21.2 Å². The maximum atomic E-state index is 13.3. The summed E-state index contributed by atoms with van der Waals surface area (Å²) in [4.78, 5) is 17.2. The van der Waals surface area contributed by atoms with E-state index < -0.39 is 15.3 Å². The van der Waals surface area contributed by atoms with Crippen molar-refractivity contribution in [2.24, 2.45) is 0 Å². The lowest BCUT2D eigenvalue weighted by molar-refractivity contribution is -0.112. The Kier molecular flexibility index (Phi) is 5.35. The van der Waals surface area contributed by atoms with E-state index >= 15 is 0 Å². The van der Waals surface area contributed by atoms with E-state index in [1.807, 2.05) is 49.4 Å². The van der Waals surface area contributed by atoms with E-state index in [0.29, 0.717) is 17.2 Å². The summed E-state index contributed by atoms with van der Waals surface area (Å²) in [5.41, 5.74) is 4.22. The number of amides is 1. The van der Waals surface area contributed by atoms with Crippen LogP contribution in [0.15, 0.2) is 66.3 Å². The van der Waals surface area contributed by atoms with Crippen molar-refractivity contribution in [2.45, 2.75) is 31.4 Å². The first-order valence-electron chi connectivity index (χ1n) is 10.6. The average molecular weight is 466 g/mol. The molecule has 2 aliphatic rings. The van der Waals surface area contributed by atoms with Crippen LogP contribution in [0.4, 0.5) is 10.8 Å². The molecule has 1 unspecified atom stereocenters. The van der Waals surface area contributed by atoms with E-state index in [1.54, 1.807) is 18.2 Å². The smallest absolute Gasteiger partial charge is 0.257 e. The lowest BCUT2D eigenvalue weighted by Gasteiger charge is -2.33. The van der Waals surface area contributed by atoms with Gasteiger partial charge < -0.3 is 0 Å². The summed E-state index contributed by atoms with van der Waals surface area (Å²) >= 11 is 1.42. The summed E-state index contributed by atoms with van der Waals surface area (Å²) in [7, 11) is -3.57. The average Bonchev–Trinajstić information content (AvgIpc) is 3.22. The van der Waals surface area contributed by atoms with Gasteiger partial charge in [0.05, 0.1) is 15.9 Å². The van der Waals surface area contributed by atoms with Gasteiger partial charge in [-0.2, -0.15) is 0 Å². The summed E-state index contributed by atoms with van der Waals surface area (Å²) in [5, 5.41) is 2.70. The van der Waals surface area contributed by atoms with Gasteiger partial charge >= 0.3 is 0 Å². The van der Waals surface area contributed by atoms with E-state index in [1.165, 1.54) is 15.6 Å². The molecule has 3 aromatic rings. The molecule has 0 saturated carbocycles. The van der Waals surface area contributed by atoms with Crippen LogP contribution >= 0.6 is 11.3 Å². The number of hydrogen-bond acceptors (Lipinski definition) is 5. The number of rotatable bonds is 4. The maximum absolute atomic E-state index is 13.3. The minimum atomic E-state index is -3.57. The third-order valence-corrected chi connectivity index (χ3v) is 8.97. The van der Waals surface area contributed by atoms with Gasteiger partial charge in [-0.05, 0) is 49.4 Å². The van der Waals surface area contributed by atoms with Gasteiger partial charge in [-0.15, -0.1) is 0 Å². The third-order valence-electron chi connectivity index (χ3n) is 5.92. The van der Waals surface area contributed by atoms with Crippen LogP contribution in [0.3, 0.4) is 0 Å².